The largest absolute Gasteiger partial charge is 0.496 e. The van der Waals surface area contributed by atoms with E-state index < -0.39 is 23.5 Å². The number of carbonyl (C=O) groups is 4. The van der Waals surface area contributed by atoms with Crippen LogP contribution in [0.15, 0.2) is 48.7 Å². The van der Waals surface area contributed by atoms with Crippen molar-refractivity contribution in [2.75, 3.05) is 19.5 Å². The van der Waals surface area contributed by atoms with Gasteiger partial charge in [0, 0.05) is 41.5 Å². The Balaban J connectivity index is 1.30. The first-order valence-corrected chi connectivity index (χ1v) is 13.5. The maximum atomic E-state index is 13.1. The molecule has 2 aliphatic heterocycles. The van der Waals surface area contributed by atoms with Gasteiger partial charge in [0.15, 0.2) is 0 Å². The first-order valence-electron chi connectivity index (χ1n) is 13.5. The standard InChI is InChI=1S/C31H30N6O6/c1-31(2,19-5-7-22(25(13-19)42-3)23-11-17(14-32)15-33-28(23)43-4)36-30(41)34-20-6-8-21-18(12-20)16-37(29(21)40)24-9-10-26(38)35-27(24)39/h5-8,11-13,15,24H,9-10,16H2,1-4H3,(H2,34,36,41)(H,35,38,39). The Kier molecular flexibility index (Phi) is 7.74. The molecule has 1 atom stereocenters. The fraction of sp³-hybridized carbons (Fsp3) is 0.290. The lowest BCUT2D eigenvalue weighted by molar-refractivity contribution is -0.136. The minimum absolute atomic E-state index is 0.174. The van der Waals surface area contributed by atoms with Crippen LogP contribution in [0.5, 0.6) is 11.6 Å². The number of carbonyl (C=O) groups excluding carboxylic acids is 4. The van der Waals surface area contributed by atoms with Crippen LogP contribution in [0.2, 0.25) is 0 Å². The minimum atomic E-state index is -0.831. The Hall–Kier alpha value is -5.44. The Bertz CT molecular complexity index is 1690. The summed E-state index contributed by atoms with van der Waals surface area (Å²) in [6.07, 6.45) is 1.88. The summed E-state index contributed by atoms with van der Waals surface area (Å²) in [4.78, 5) is 55.5. The second-order valence-corrected chi connectivity index (χ2v) is 10.8. The van der Waals surface area contributed by atoms with Crippen molar-refractivity contribution in [3.05, 3.63) is 70.9 Å². The zero-order valence-electron chi connectivity index (χ0n) is 24.1. The average molecular weight is 583 g/mol. The van der Waals surface area contributed by atoms with Crippen LogP contribution in [-0.2, 0) is 21.7 Å². The molecule has 0 aliphatic carbocycles. The van der Waals surface area contributed by atoms with Crippen LogP contribution in [0.1, 0.15) is 53.7 Å². The normalized spacial score (nSPS) is 16.2. The molecule has 12 heteroatoms. The van der Waals surface area contributed by atoms with Crippen molar-refractivity contribution in [3.8, 4) is 28.8 Å². The highest BCUT2D eigenvalue weighted by molar-refractivity contribution is 6.05. The third kappa shape index (κ3) is 5.70. The summed E-state index contributed by atoms with van der Waals surface area (Å²) in [5.74, 6) is -0.256. The molecule has 3 aromatic rings. The number of nitrogens with zero attached hydrogens (tertiary/aromatic N) is 3. The second kappa shape index (κ2) is 11.4. The van der Waals surface area contributed by atoms with Gasteiger partial charge in [0.25, 0.3) is 5.91 Å². The fourth-order valence-corrected chi connectivity index (χ4v) is 5.34. The molecule has 1 fully saturated rings. The number of imide groups is 1. The van der Waals surface area contributed by atoms with Crippen LogP contribution in [0.4, 0.5) is 10.5 Å². The van der Waals surface area contributed by atoms with E-state index in [1.807, 2.05) is 26.0 Å². The maximum absolute atomic E-state index is 13.1. The molecule has 5 amide bonds. The third-order valence-corrected chi connectivity index (χ3v) is 7.59. The summed E-state index contributed by atoms with van der Waals surface area (Å²) in [5.41, 5.74) is 3.18. The van der Waals surface area contributed by atoms with Crippen LogP contribution < -0.4 is 25.4 Å². The summed E-state index contributed by atoms with van der Waals surface area (Å²) in [6.45, 7) is 3.89. The zero-order chi connectivity index (χ0) is 30.9. The molecular weight excluding hydrogens is 552 g/mol. The Morgan fingerprint density at radius 3 is 2.53 bits per heavy atom. The topological polar surface area (TPSA) is 163 Å². The van der Waals surface area contributed by atoms with E-state index in [1.165, 1.54) is 25.3 Å². The molecular formula is C31H30N6O6. The molecule has 1 aromatic heterocycles. The van der Waals surface area contributed by atoms with E-state index in [2.05, 4.69) is 27.0 Å². The summed E-state index contributed by atoms with van der Waals surface area (Å²) >= 11 is 0. The number of rotatable bonds is 7. The van der Waals surface area contributed by atoms with Crippen molar-refractivity contribution in [1.29, 1.82) is 5.26 Å². The molecule has 2 aromatic carbocycles. The molecule has 43 heavy (non-hydrogen) atoms. The SMILES string of the molecule is COc1cc(C(C)(C)NC(=O)Nc2ccc3c(c2)CN(C2CCC(=O)NC2=O)C3=O)ccc1-c1cc(C#N)cnc1OC. The highest BCUT2D eigenvalue weighted by atomic mass is 16.5. The number of methoxy groups -OCH3 is 2. The predicted molar refractivity (Wildman–Crippen MR) is 155 cm³/mol. The maximum Gasteiger partial charge on any atom is 0.319 e. The number of hydrogen-bond acceptors (Lipinski definition) is 8. The van der Waals surface area contributed by atoms with E-state index in [0.717, 1.165) is 5.56 Å². The van der Waals surface area contributed by atoms with Crippen LogP contribution in [0, 0.1) is 11.3 Å². The Morgan fingerprint density at radius 2 is 1.84 bits per heavy atom. The average Bonchev–Trinajstić information content (AvgIpc) is 3.31. The van der Waals surface area contributed by atoms with E-state index in [9.17, 15) is 24.4 Å². The van der Waals surface area contributed by atoms with Crippen molar-refractivity contribution in [3.63, 3.8) is 0 Å². The molecule has 3 N–H and O–H groups in total. The summed E-state index contributed by atoms with van der Waals surface area (Å²) < 4.78 is 11.0. The third-order valence-electron chi connectivity index (χ3n) is 7.59. The number of benzene rings is 2. The number of aromatic nitrogens is 1. The van der Waals surface area contributed by atoms with Crippen LogP contribution in [0.3, 0.4) is 0 Å². The van der Waals surface area contributed by atoms with Gasteiger partial charge < -0.3 is 25.0 Å². The quantitative estimate of drug-likeness (QED) is 0.357. The van der Waals surface area contributed by atoms with Gasteiger partial charge in [0.05, 0.1) is 25.3 Å². The van der Waals surface area contributed by atoms with Crippen molar-refractivity contribution >= 4 is 29.4 Å². The number of nitrogens with one attached hydrogen (secondary N) is 3. The van der Waals surface area contributed by atoms with E-state index in [-0.39, 0.29) is 31.2 Å². The molecule has 3 heterocycles. The number of ether oxygens (including phenoxy) is 2. The van der Waals surface area contributed by atoms with Gasteiger partial charge in [-0.1, -0.05) is 12.1 Å². The predicted octanol–water partition coefficient (Wildman–Crippen LogP) is 3.46. The van der Waals surface area contributed by atoms with Gasteiger partial charge in [0.1, 0.15) is 17.9 Å². The van der Waals surface area contributed by atoms with Crippen LogP contribution in [0.25, 0.3) is 11.1 Å². The highest BCUT2D eigenvalue weighted by Gasteiger charge is 2.39. The van der Waals surface area contributed by atoms with Gasteiger partial charge in [-0.3, -0.25) is 19.7 Å². The smallest absolute Gasteiger partial charge is 0.319 e. The first kappa shape index (κ1) is 29.1. The van der Waals surface area contributed by atoms with E-state index in [0.29, 0.717) is 45.1 Å². The second-order valence-electron chi connectivity index (χ2n) is 10.8. The fourth-order valence-electron chi connectivity index (χ4n) is 5.34. The molecule has 0 bridgehead atoms. The summed E-state index contributed by atoms with van der Waals surface area (Å²) in [7, 11) is 3.03. The molecule has 1 unspecified atom stereocenters. The lowest BCUT2D eigenvalue weighted by Crippen LogP contribution is -2.52. The molecule has 2 aliphatic rings. The Morgan fingerprint density at radius 1 is 1.07 bits per heavy atom. The number of nitriles is 1. The van der Waals surface area contributed by atoms with E-state index >= 15 is 0 Å². The van der Waals surface area contributed by atoms with Crippen LogP contribution in [-0.4, -0.2) is 53.9 Å². The van der Waals surface area contributed by atoms with Crippen molar-refractivity contribution < 1.29 is 28.7 Å². The molecule has 0 radical (unpaired) electrons. The van der Waals surface area contributed by atoms with E-state index in [1.54, 1.807) is 30.3 Å². The monoisotopic (exact) mass is 582 g/mol. The molecule has 0 saturated carbocycles. The molecule has 220 valence electrons. The van der Waals surface area contributed by atoms with Crippen molar-refractivity contribution in [2.24, 2.45) is 0 Å². The first-order chi connectivity index (χ1) is 20.5. The molecule has 0 spiro atoms. The highest BCUT2D eigenvalue weighted by Crippen LogP contribution is 2.38. The summed E-state index contributed by atoms with van der Waals surface area (Å²) in [5, 5.41) is 17.4. The number of urea groups is 1. The number of fused-ring (bicyclic) bond motifs is 1. The van der Waals surface area contributed by atoms with Gasteiger partial charge in [-0.05, 0) is 61.7 Å². The number of hydrogen-bond donors (Lipinski definition) is 3. The number of anilines is 1. The molecule has 1 saturated heterocycles. The number of piperidine rings is 1. The van der Waals surface area contributed by atoms with E-state index in [4.69, 9.17) is 9.47 Å². The van der Waals surface area contributed by atoms with Crippen LogP contribution >= 0.6 is 0 Å². The van der Waals surface area contributed by atoms with Gasteiger partial charge >= 0.3 is 6.03 Å². The van der Waals surface area contributed by atoms with Gasteiger partial charge in [-0.15, -0.1) is 0 Å². The van der Waals surface area contributed by atoms with Crippen molar-refractivity contribution in [2.45, 2.75) is 44.8 Å². The number of amides is 5. The molecule has 12 nitrogen and oxygen atoms in total. The van der Waals surface area contributed by atoms with Gasteiger partial charge in [-0.25, -0.2) is 9.78 Å². The zero-order valence-corrected chi connectivity index (χ0v) is 24.1. The lowest BCUT2D eigenvalue weighted by atomic mass is 9.91. The number of pyridine rings is 1. The minimum Gasteiger partial charge on any atom is -0.496 e. The molecule has 5 rings (SSSR count). The van der Waals surface area contributed by atoms with Gasteiger partial charge in [-0.2, -0.15) is 5.26 Å². The summed E-state index contributed by atoms with van der Waals surface area (Å²) in [6, 6.07) is 13.0. The van der Waals surface area contributed by atoms with Gasteiger partial charge in [0.2, 0.25) is 17.7 Å². The lowest BCUT2D eigenvalue weighted by Gasteiger charge is -2.29. The Labute approximate surface area is 248 Å². The van der Waals surface area contributed by atoms with Crippen molar-refractivity contribution in [1.82, 2.24) is 20.5 Å².